The number of likely N-dealkylation sites (tertiary alicyclic amines) is 1. The maximum absolute atomic E-state index is 12.3. The minimum absolute atomic E-state index is 0.224. The predicted molar refractivity (Wildman–Crippen MR) is 85.1 cm³/mol. The van der Waals surface area contributed by atoms with Gasteiger partial charge in [0.1, 0.15) is 0 Å². The average molecular weight is 293 g/mol. The topological polar surface area (TPSA) is 44.4 Å². The van der Waals surface area contributed by atoms with Crippen LogP contribution in [0.25, 0.3) is 0 Å². The molecule has 1 saturated heterocycles. The second-order valence-corrected chi connectivity index (χ2v) is 7.56. The second kappa shape index (κ2) is 6.66. The van der Waals surface area contributed by atoms with Gasteiger partial charge >= 0.3 is 0 Å². The summed E-state index contributed by atoms with van der Waals surface area (Å²) in [5, 5.41) is 6.62. The van der Waals surface area contributed by atoms with Gasteiger partial charge in [-0.2, -0.15) is 0 Å². The molecule has 0 spiro atoms. The van der Waals surface area contributed by atoms with Crippen LogP contribution in [-0.4, -0.2) is 49.6 Å². The van der Waals surface area contributed by atoms with E-state index in [4.69, 9.17) is 0 Å². The first kappa shape index (κ1) is 15.3. The van der Waals surface area contributed by atoms with Crippen molar-refractivity contribution >= 4 is 5.91 Å². The van der Waals surface area contributed by atoms with Crippen molar-refractivity contribution in [1.82, 2.24) is 15.5 Å². The van der Waals surface area contributed by atoms with Gasteiger partial charge in [-0.05, 0) is 70.4 Å². The summed E-state index contributed by atoms with van der Waals surface area (Å²) >= 11 is 0. The third kappa shape index (κ3) is 3.59. The third-order valence-electron chi connectivity index (χ3n) is 6.10. The van der Waals surface area contributed by atoms with Gasteiger partial charge in [-0.3, -0.25) is 9.69 Å². The Morgan fingerprint density at radius 1 is 1.29 bits per heavy atom. The Morgan fingerprint density at radius 3 is 2.81 bits per heavy atom. The fourth-order valence-corrected chi connectivity index (χ4v) is 4.95. The lowest BCUT2D eigenvalue weighted by Crippen LogP contribution is -2.50. The van der Waals surface area contributed by atoms with E-state index in [-0.39, 0.29) is 5.91 Å². The summed E-state index contributed by atoms with van der Waals surface area (Å²) in [5.41, 5.74) is 0. The Balaban J connectivity index is 1.43. The molecule has 0 aromatic rings. The molecule has 4 heteroatoms. The first-order valence-corrected chi connectivity index (χ1v) is 8.84. The van der Waals surface area contributed by atoms with E-state index in [0.717, 1.165) is 30.8 Å². The molecule has 120 valence electrons. The predicted octanol–water partition coefficient (Wildman–Crippen LogP) is 1.61. The van der Waals surface area contributed by atoms with E-state index in [1.54, 1.807) is 0 Å². The summed E-state index contributed by atoms with van der Waals surface area (Å²) in [6.45, 7) is 4.86. The monoisotopic (exact) mass is 293 g/mol. The van der Waals surface area contributed by atoms with Crippen molar-refractivity contribution in [2.45, 2.75) is 57.5 Å². The van der Waals surface area contributed by atoms with E-state index in [9.17, 15) is 4.79 Å². The molecule has 5 atom stereocenters. The van der Waals surface area contributed by atoms with E-state index in [1.807, 2.05) is 7.05 Å². The Hall–Kier alpha value is -0.610. The largest absolute Gasteiger partial charge is 0.352 e. The number of hydrogen-bond acceptors (Lipinski definition) is 3. The number of rotatable bonds is 5. The van der Waals surface area contributed by atoms with Gasteiger partial charge in [0.05, 0.1) is 6.54 Å². The molecule has 4 nitrogen and oxygen atoms in total. The molecule has 3 rings (SSSR count). The number of piperidine rings is 1. The quantitative estimate of drug-likeness (QED) is 0.809. The summed E-state index contributed by atoms with van der Waals surface area (Å²) < 4.78 is 0. The zero-order chi connectivity index (χ0) is 14.8. The van der Waals surface area contributed by atoms with E-state index in [0.29, 0.717) is 18.6 Å². The Labute approximate surface area is 129 Å². The highest BCUT2D eigenvalue weighted by atomic mass is 16.2. The van der Waals surface area contributed by atoms with Crippen LogP contribution in [0, 0.1) is 17.8 Å². The lowest BCUT2D eigenvalue weighted by atomic mass is 9.84. The van der Waals surface area contributed by atoms with Crippen molar-refractivity contribution in [2.24, 2.45) is 17.8 Å². The van der Waals surface area contributed by atoms with Crippen molar-refractivity contribution in [2.75, 3.05) is 26.7 Å². The molecule has 0 radical (unpaired) electrons. The SMILES string of the molecule is CNC1CCCN(CC(=O)NC(C)C2CC3CCC2C3)C1. The lowest BCUT2D eigenvalue weighted by Gasteiger charge is -2.33. The second-order valence-electron chi connectivity index (χ2n) is 7.56. The molecule has 1 aliphatic heterocycles. The molecule has 1 heterocycles. The van der Waals surface area contributed by atoms with Gasteiger partial charge in [-0.1, -0.05) is 6.42 Å². The number of carbonyl (C=O) groups is 1. The van der Waals surface area contributed by atoms with Crippen LogP contribution >= 0.6 is 0 Å². The first-order chi connectivity index (χ1) is 10.2. The molecular weight excluding hydrogens is 262 g/mol. The summed E-state index contributed by atoms with van der Waals surface area (Å²) in [5.74, 6) is 2.80. The van der Waals surface area contributed by atoms with Gasteiger partial charge in [0, 0.05) is 18.6 Å². The van der Waals surface area contributed by atoms with Crippen molar-refractivity contribution in [3.63, 3.8) is 0 Å². The molecule has 2 saturated carbocycles. The number of fused-ring (bicyclic) bond motifs is 2. The highest BCUT2D eigenvalue weighted by molar-refractivity contribution is 5.78. The smallest absolute Gasteiger partial charge is 0.234 e. The maximum atomic E-state index is 12.3. The minimum Gasteiger partial charge on any atom is -0.352 e. The van der Waals surface area contributed by atoms with Crippen molar-refractivity contribution < 1.29 is 4.79 Å². The van der Waals surface area contributed by atoms with Gasteiger partial charge in [0.15, 0.2) is 0 Å². The van der Waals surface area contributed by atoms with E-state index in [1.165, 1.54) is 38.5 Å². The van der Waals surface area contributed by atoms with Crippen molar-refractivity contribution in [1.29, 1.82) is 0 Å². The molecule has 3 fully saturated rings. The van der Waals surface area contributed by atoms with Crippen LogP contribution in [-0.2, 0) is 4.79 Å². The third-order valence-corrected chi connectivity index (χ3v) is 6.10. The van der Waals surface area contributed by atoms with Gasteiger partial charge in [0.25, 0.3) is 0 Å². The number of hydrogen-bond donors (Lipinski definition) is 2. The fraction of sp³-hybridized carbons (Fsp3) is 0.941. The van der Waals surface area contributed by atoms with Gasteiger partial charge in [-0.25, -0.2) is 0 Å². The summed E-state index contributed by atoms with van der Waals surface area (Å²) in [6, 6.07) is 0.909. The zero-order valence-corrected chi connectivity index (χ0v) is 13.6. The van der Waals surface area contributed by atoms with Crippen LogP contribution in [0.5, 0.6) is 0 Å². The number of nitrogens with one attached hydrogen (secondary N) is 2. The highest BCUT2D eigenvalue weighted by Crippen LogP contribution is 2.49. The van der Waals surface area contributed by atoms with Crippen molar-refractivity contribution in [3.05, 3.63) is 0 Å². The van der Waals surface area contributed by atoms with Crippen LogP contribution in [0.15, 0.2) is 0 Å². The number of amides is 1. The Morgan fingerprint density at radius 2 is 2.14 bits per heavy atom. The minimum atomic E-state index is 0.224. The molecule has 3 aliphatic rings. The lowest BCUT2D eigenvalue weighted by molar-refractivity contribution is -0.123. The number of nitrogens with zero attached hydrogens (tertiary/aromatic N) is 1. The molecule has 0 aromatic heterocycles. The summed E-state index contributed by atoms with van der Waals surface area (Å²) in [6.07, 6.45) is 8.02. The van der Waals surface area contributed by atoms with Crippen LogP contribution < -0.4 is 10.6 Å². The summed E-state index contributed by atoms with van der Waals surface area (Å²) in [4.78, 5) is 14.6. The van der Waals surface area contributed by atoms with E-state index >= 15 is 0 Å². The van der Waals surface area contributed by atoms with E-state index in [2.05, 4.69) is 22.5 Å². The first-order valence-electron chi connectivity index (χ1n) is 8.84. The number of carbonyl (C=O) groups excluding carboxylic acids is 1. The molecule has 2 aliphatic carbocycles. The number of likely N-dealkylation sites (N-methyl/N-ethyl adjacent to an activating group) is 1. The van der Waals surface area contributed by atoms with Crippen LogP contribution in [0.2, 0.25) is 0 Å². The average Bonchev–Trinajstić information content (AvgIpc) is 3.10. The normalized spacial score (nSPS) is 37.6. The molecule has 1 amide bonds. The molecule has 2 N–H and O–H groups in total. The maximum Gasteiger partial charge on any atom is 0.234 e. The molecule has 2 bridgehead atoms. The molecule has 5 unspecified atom stereocenters. The summed E-state index contributed by atoms with van der Waals surface area (Å²) in [7, 11) is 2.02. The van der Waals surface area contributed by atoms with Crippen LogP contribution in [0.3, 0.4) is 0 Å². The molecular formula is C17H31N3O. The van der Waals surface area contributed by atoms with Gasteiger partial charge < -0.3 is 10.6 Å². The van der Waals surface area contributed by atoms with Crippen molar-refractivity contribution in [3.8, 4) is 0 Å². The Kier molecular flexibility index (Phi) is 4.85. The van der Waals surface area contributed by atoms with Gasteiger partial charge in [0.2, 0.25) is 5.91 Å². The fourth-order valence-electron chi connectivity index (χ4n) is 4.95. The van der Waals surface area contributed by atoms with Gasteiger partial charge in [-0.15, -0.1) is 0 Å². The molecule has 21 heavy (non-hydrogen) atoms. The van der Waals surface area contributed by atoms with Crippen LogP contribution in [0.1, 0.15) is 45.4 Å². The van der Waals surface area contributed by atoms with Crippen LogP contribution in [0.4, 0.5) is 0 Å². The Bertz CT molecular complexity index is 373. The molecule has 0 aromatic carbocycles. The van der Waals surface area contributed by atoms with E-state index < -0.39 is 0 Å². The highest BCUT2D eigenvalue weighted by Gasteiger charge is 2.42. The standard InChI is InChI=1S/C17H31N3O/c1-12(16-9-13-5-6-14(16)8-13)19-17(21)11-20-7-3-4-15(10-20)18-2/h12-16,18H,3-11H2,1-2H3,(H,19,21). The zero-order valence-electron chi connectivity index (χ0n) is 13.6.